The molecule has 0 unspecified atom stereocenters. The van der Waals surface area contributed by atoms with Crippen molar-refractivity contribution in [2.24, 2.45) is 5.92 Å². The molecule has 0 saturated carbocycles. The summed E-state index contributed by atoms with van der Waals surface area (Å²) in [6, 6.07) is 8.33. The standard InChI is InChI=1S/C17H15N3OS/c21-16(14-6-18-7-14)5-15-4-13-3-11(17-9-19-10-22-17)1-2-12(13)8-20-15/h1-4,8-10,14,18H,5-7H2. The number of carbonyl (C=O) groups is 1. The predicted octanol–water partition coefficient (Wildman–Crippen LogP) is 2.69. The Morgan fingerprint density at radius 3 is 2.86 bits per heavy atom. The molecular weight excluding hydrogens is 294 g/mol. The fourth-order valence-electron chi connectivity index (χ4n) is 2.63. The molecule has 0 radical (unpaired) electrons. The van der Waals surface area contributed by atoms with Crippen LogP contribution in [0.1, 0.15) is 5.69 Å². The lowest BCUT2D eigenvalue weighted by Gasteiger charge is -2.25. The van der Waals surface area contributed by atoms with Gasteiger partial charge in [-0.15, -0.1) is 11.3 Å². The first kappa shape index (κ1) is 13.5. The summed E-state index contributed by atoms with van der Waals surface area (Å²) < 4.78 is 0. The van der Waals surface area contributed by atoms with Gasteiger partial charge < -0.3 is 5.32 Å². The summed E-state index contributed by atoms with van der Waals surface area (Å²) in [6.07, 6.45) is 4.15. The number of ketones is 1. The van der Waals surface area contributed by atoms with Gasteiger partial charge in [-0.05, 0) is 23.1 Å². The van der Waals surface area contributed by atoms with Crippen molar-refractivity contribution in [3.05, 3.63) is 47.9 Å². The molecule has 4 rings (SSSR count). The van der Waals surface area contributed by atoms with E-state index >= 15 is 0 Å². The molecule has 5 heteroatoms. The highest BCUT2D eigenvalue weighted by atomic mass is 32.1. The van der Waals surface area contributed by atoms with Crippen molar-refractivity contribution in [1.29, 1.82) is 0 Å². The second-order valence-corrected chi connectivity index (χ2v) is 6.49. The topological polar surface area (TPSA) is 54.9 Å². The van der Waals surface area contributed by atoms with Crippen LogP contribution >= 0.6 is 11.3 Å². The number of benzene rings is 1. The van der Waals surface area contributed by atoms with Gasteiger partial charge in [-0.1, -0.05) is 12.1 Å². The van der Waals surface area contributed by atoms with E-state index in [0.717, 1.165) is 40.0 Å². The third-order valence-electron chi connectivity index (χ3n) is 4.09. The highest BCUT2D eigenvalue weighted by molar-refractivity contribution is 7.13. The Morgan fingerprint density at radius 2 is 2.14 bits per heavy atom. The second kappa shape index (κ2) is 5.59. The maximum Gasteiger partial charge on any atom is 0.144 e. The first-order valence-corrected chi connectivity index (χ1v) is 8.18. The molecule has 0 amide bonds. The zero-order valence-corrected chi connectivity index (χ0v) is 12.8. The summed E-state index contributed by atoms with van der Waals surface area (Å²) in [5, 5.41) is 5.35. The third kappa shape index (κ3) is 2.53. The predicted molar refractivity (Wildman–Crippen MR) is 87.9 cm³/mol. The third-order valence-corrected chi connectivity index (χ3v) is 4.91. The molecule has 1 saturated heterocycles. The summed E-state index contributed by atoms with van der Waals surface area (Å²) in [5.74, 6) is 0.449. The first-order chi connectivity index (χ1) is 10.8. The molecule has 1 aromatic carbocycles. The largest absolute Gasteiger partial charge is 0.315 e. The minimum absolute atomic E-state index is 0.168. The van der Waals surface area contributed by atoms with Crippen molar-refractivity contribution in [2.45, 2.75) is 6.42 Å². The molecule has 1 fully saturated rings. The van der Waals surface area contributed by atoms with Crippen LogP contribution in [0, 0.1) is 5.92 Å². The van der Waals surface area contributed by atoms with Gasteiger partial charge in [0.1, 0.15) is 5.78 Å². The zero-order chi connectivity index (χ0) is 14.9. The molecule has 2 aromatic heterocycles. The lowest BCUT2D eigenvalue weighted by molar-refractivity contribution is -0.123. The smallest absolute Gasteiger partial charge is 0.144 e. The van der Waals surface area contributed by atoms with Crippen molar-refractivity contribution >= 4 is 27.9 Å². The highest BCUT2D eigenvalue weighted by Crippen LogP contribution is 2.27. The van der Waals surface area contributed by atoms with Gasteiger partial charge in [0, 0.05) is 48.9 Å². The Balaban J connectivity index is 1.65. The van der Waals surface area contributed by atoms with Gasteiger partial charge in [-0.25, -0.2) is 0 Å². The molecule has 1 aliphatic heterocycles. The van der Waals surface area contributed by atoms with Gasteiger partial charge >= 0.3 is 0 Å². The molecule has 0 aliphatic carbocycles. The fourth-order valence-corrected chi connectivity index (χ4v) is 3.25. The van der Waals surface area contributed by atoms with E-state index in [1.54, 1.807) is 11.3 Å². The number of rotatable bonds is 4. The van der Waals surface area contributed by atoms with Crippen molar-refractivity contribution in [3.8, 4) is 10.4 Å². The average molecular weight is 309 g/mol. The van der Waals surface area contributed by atoms with Crippen molar-refractivity contribution in [2.75, 3.05) is 13.1 Å². The number of fused-ring (bicyclic) bond motifs is 1. The van der Waals surface area contributed by atoms with Crippen molar-refractivity contribution in [3.63, 3.8) is 0 Å². The number of carbonyl (C=O) groups excluding carboxylic acids is 1. The monoisotopic (exact) mass is 309 g/mol. The Bertz CT molecular complexity index is 825. The number of nitrogens with one attached hydrogen (secondary N) is 1. The normalized spacial score (nSPS) is 14.9. The zero-order valence-electron chi connectivity index (χ0n) is 12.0. The highest BCUT2D eigenvalue weighted by Gasteiger charge is 2.24. The number of aromatic nitrogens is 2. The molecule has 3 heterocycles. The van der Waals surface area contributed by atoms with E-state index in [-0.39, 0.29) is 11.7 Å². The number of hydrogen-bond donors (Lipinski definition) is 1. The fraction of sp³-hybridized carbons (Fsp3) is 0.235. The molecule has 4 nitrogen and oxygen atoms in total. The molecule has 110 valence electrons. The van der Waals surface area contributed by atoms with Crippen LogP contribution in [0.25, 0.3) is 21.2 Å². The molecule has 1 aliphatic rings. The van der Waals surface area contributed by atoms with E-state index in [9.17, 15) is 4.79 Å². The summed E-state index contributed by atoms with van der Waals surface area (Å²) in [4.78, 5) is 21.8. The Morgan fingerprint density at radius 1 is 1.23 bits per heavy atom. The maximum atomic E-state index is 12.1. The van der Waals surface area contributed by atoms with Gasteiger partial charge in [0.05, 0.1) is 10.4 Å². The molecule has 0 atom stereocenters. The van der Waals surface area contributed by atoms with E-state index < -0.39 is 0 Å². The Labute approximate surface area is 132 Å². The van der Waals surface area contributed by atoms with E-state index in [2.05, 4.69) is 33.5 Å². The molecule has 0 spiro atoms. The Hall–Kier alpha value is -2.11. The summed E-state index contributed by atoms with van der Waals surface area (Å²) >= 11 is 1.63. The number of hydrogen-bond acceptors (Lipinski definition) is 5. The van der Waals surface area contributed by atoms with Gasteiger partial charge in [0.25, 0.3) is 0 Å². The lowest BCUT2D eigenvalue weighted by Crippen LogP contribution is -2.47. The minimum atomic E-state index is 0.168. The van der Waals surface area contributed by atoms with Crippen molar-refractivity contribution < 1.29 is 4.79 Å². The van der Waals surface area contributed by atoms with Gasteiger partial charge in [0.15, 0.2) is 0 Å². The van der Waals surface area contributed by atoms with Crippen LogP contribution in [0.15, 0.2) is 42.2 Å². The number of pyridine rings is 1. The van der Waals surface area contributed by atoms with E-state index in [4.69, 9.17) is 0 Å². The van der Waals surface area contributed by atoms with Crippen LogP contribution in [0.2, 0.25) is 0 Å². The van der Waals surface area contributed by atoms with Gasteiger partial charge in [-0.2, -0.15) is 0 Å². The second-order valence-electron chi connectivity index (χ2n) is 5.60. The summed E-state index contributed by atoms with van der Waals surface area (Å²) in [6.45, 7) is 1.61. The summed E-state index contributed by atoms with van der Waals surface area (Å²) in [7, 11) is 0. The van der Waals surface area contributed by atoms with Crippen LogP contribution < -0.4 is 5.32 Å². The molecular formula is C17H15N3OS. The number of nitrogens with zero attached hydrogens (tertiary/aromatic N) is 2. The SMILES string of the molecule is O=C(Cc1cc2cc(-c3cncs3)ccc2cn1)C1CNC1. The Kier molecular flexibility index (Phi) is 3.44. The van der Waals surface area contributed by atoms with Crippen LogP contribution in [0.5, 0.6) is 0 Å². The number of Topliss-reactive ketones (excluding diaryl/α,β-unsaturated/α-hetero) is 1. The van der Waals surface area contributed by atoms with Gasteiger partial charge in [-0.3, -0.25) is 14.8 Å². The summed E-state index contributed by atoms with van der Waals surface area (Å²) in [5.41, 5.74) is 3.84. The quantitative estimate of drug-likeness (QED) is 0.805. The minimum Gasteiger partial charge on any atom is -0.315 e. The van der Waals surface area contributed by atoms with Crippen molar-refractivity contribution in [1.82, 2.24) is 15.3 Å². The van der Waals surface area contributed by atoms with Crippen LogP contribution in [-0.4, -0.2) is 28.8 Å². The van der Waals surface area contributed by atoms with Crippen LogP contribution in [0.3, 0.4) is 0 Å². The average Bonchev–Trinajstić information content (AvgIpc) is 2.98. The van der Waals surface area contributed by atoms with Crippen LogP contribution in [-0.2, 0) is 11.2 Å². The molecule has 3 aromatic rings. The van der Waals surface area contributed by atoms with E-state index in [0.29, 0.717) is 6.42 Å². The van der Waals surface area contributed by atoms with E-state index in [1.807, 2.05) is 24.0 Å². The van der Waals surface area contributed by atoms with E-state index in [1.165, 1.54) is 0 Å². The number of thiazole rings is 1. The first-order valence-electron chi connectivity index (χ1n) is 7.30. The molecule has 0 bridgehead atoms. The van der Waals surface area contributed by atoms with Crippen LogP contribution in [0.4, 0.5) is 0 Å². The molecule has 22 heavy (non-hydrogen) atoms. The molecule has 1 N–H and O–H groups in total. The lowest BCUT2D eigenvalue weighted by atomic mass is 9.94. The van der Waals surface area contributed by atoms with Gasteiger partial charge in [0.2, 0.25) is 0 Å². The maximum absolute atomic E-state index is 12.1.